The second kappa shape index (κ2) is 9.61. The van der Waals surface area contributed by atoms with Crippen molar-refractivity contribution in [3.8, 4) is 0 Å². The Morgan fingerprint density at radius 3 is 1.59 bits per heavy atom. The van der Waals surface area contributed by atoms with Gasteiger partial charge in [0.25, 0.3) is 0 Å². The Hall–Kier alpha value is -0.740. The highest BCUT2D eigenvalue weighted by Crippen LogP contribution is 3.00. The van der Waals surface area contributed by atoms with Crippen LogP contribution in [0.5, 0.6) is 0 Å². The van der Waals surface area contributed by atoms with Crippen LogP contribution in [0.2, 0.25) is 0 Å². The molecule has 0 aromatic heterocycles. The lowest BCUT2D eigenvalue weighted by Gasteiger charge is -2.52. The van der Waals surface area contributed by atoms with Gasteiger partial charge in [-0.05, 0) is 19.5 Å². The highest BCUT2D eigenvalue weighted by molar-refractivity contribution is 7.83. The highest BCUT2D eigenvalue weighted by atomic mass is 31.3. The quantitative estimate of drug-likeness (QED) is 0.189. The first-order valence-corrected chi connectivity index (χ1v) is 16.4. The summed E-state index contributed by atoms with van der Waals surface area (Å²) < 4.78 is 61.7. The molecule has 6 saturated heterocycles. The molecule has 6 fully saturated rings. The Morgan fingerprint density at radius 1 is 0.765 bits per heavy atom. The summed E-state index contributed by atoms with van der Waals surface area (Å²) in [6.45, 7) is 1.73. The standard InChI is InChI=1S/C18H29O13P3/c1-10(14(19)23-2)6-11(15(20)24-3)7-12(16(21)25-4)8-32(5,22)9-13(33-26-17(27-33)28-33)34-29-18(30-34)31-34/h10-13,17-18H,6-9H2,1-5H3/q+2. The zero-order chi connectivity index (χ0) is 24.9. The van der Waals surface area contributed by atoms with Gasteiger partial charge in [0.2, 0.25) is 0 Å². The molecule has 6 aliphatic heterocycles. The number of methoxy groups -OCH3 is 3. The maximum atomic E-state index is 13.8. The lowest BCUT2D eigenvalue weighted by atomic mass is 9.88. The lowest BCUT2D eigenvalue weighted by Crippen LogP contribution is -2.59. The summed E-state index contributed by atoms with van der Waals surface area (Å²) in [7, 11) is -4.90. The first-order valence-electron chi connectivity index (χ1n) is 10.6. The summed E-state index contributed by atoms with van der Waals surface area (Å²) in [5, 5.41) is -0.611. The predicted molar refractivity (Wildman–Crippen MR) is 116 cm³/mol. The van der Waals surface area contributed by atoms with Crippen molar-refractivity contribution in [2.45, 2.75) is 38.1 Å². The van der Waals surface area contributed by atoms with E-state index in [1.54, 1.807) is 13.6 Å². The molecule has 0 spiro atoms. The van der Waals surface area contributed by atoms with Crippen LogP contribution >= 0.6 is 23.0 Å². The van der Waals surface area contributed by atoms with E-state index in [-0.39, 0.29) is 25.2 Å². The van der Waals surface area contributed by atoms with Gasteiger partial charge in [0, 0.05) is 6.16 Å². The Bertz CT molecular complexity index is 836. The molecule has 0 aromatic carbocycles. The van der Waals surface area contributed by atoms with E-state index in [2.05, 4.69) is 0 Å². The van der Waals surface area contributed by atoms with E-state index in [1.807, 2.05) is 0 Å². The van der Waals surface area contributed by atoms with Gasteiger partial charge in [0.1, 0.15) is 0 Å². The number of hydrogen-bond donors (Lipinski definition) is 0. The van der Waals surface area contributed by atoms with Gasteiger partial charge in [0.15, 0.2) is 0 Å². The molecule has 0 saturated carbocycles. The first kappa shape index (κ1) is 26.3. The molecule has 6 rings (SSSR count). The smallest absolute Gasteiger partial charge is 0.469 e. The summed E-state index contributed by atoms with van der Waals surface area (Å²) in [5.74, 6) is -3.99. The minimum Gasteiger partial charge on any atom is -0.469 e. The second-order valence-electron chi connectivity index (χ2n) is 8.77. The third-order valence-electron chi connectivity index (χ3n) is 6.16. The van der Waals surface area contributed by atoms with E-state index >= 15 is 0 Å². The molecular weight excluding hydrogens is 517 g/mol. The second-order valence-corrected chi connectivity index (χ2v) is 17.2. The molecule has 16 heteroatoms. The molecule has 4 unspecified atom stereocenters. The van der Waals surface area contributed by atoms with Gasteiger partial charge in [-0.3, -0.25) is 14.4 Å². The van der Waals surface area contributed by atoms with E-state index in [1.165, 1.54) is 21.3 Å². The minimum atomic E-state index is -3.10. The van der Waals surface area contributed by atoms with E-state index in [4.69, 9.17) is 41.4 Å². The first-order chi connectivity index (χ1) is 16.0. The van der Waals surface area contributed by atoms with Crippen molar-refractivity contribution >= 4 is 40.9 Å². The van der Waals surface area contributed by atoms with Crippen LogP contribution in [-0.4, -0.2) is 76.6 Å². The summed E-state index contributed by atoms with van der Waals surface area (Å²) in [5.41, 5.74) is 0. The molecule has 0 aromatic rings. The Balaban J connectivity index is 1.46. The van der Waals surface area contributed by atoms with Gasteiger partial charge in [0.05, 0.1) is 52.4 Å². The van der Waals surface area contributed by atoms with Gasteiger partial charge in [-0.2, -0.15) is 0 Å². The molecule has 4 bridgehead atoms. The maximum Gasteiger partial charge on any atom is 0.479 e. The molecule has 0 radical (unpaired) electrons. The van der Waals surface area contributed by atoms with Gasteiger partial charge >= 0.3 is 52.1 Å². The predicted octanol–water partition coefficient (Wildman–Crippen LogP) is 2.72. The summed E-state index contributed by atoms with van der Waals surface area (Å²) in [6.07, 6.45) is 0.0630. The number of hydrogen-bond acceptors (Lipinski definition) is 13. The highest BCUT2D eigenvalue weighted by Gasteiger charge is 2.97. The SMILES string of the molecule is COC(=O)C(C)CC(CC(CP(C)(=O)CC([P+]12OC(O1)O2)[P+]12OC(O1)O2)C(=O)OC)C(=O)OC. The topological polar surface area (TPSA) is 151 Å². The number of ether oxygens (including phenoxy) is 3. The van der Waals surface area contributed by atoms with Crippen molar-refractivity contribution in [3.05, 3.63) is 0 Å². The summed E-state index contributed by atoms with van der Waals surface area (Å²) >= 11 is 0. The van der Waals surface area contributed by atoms with Crippen molar-refractivity contribution in [1.29, 1.82) is 0 Å². The lowest BCUT2D eigenvalue weighted by molar-refractivity contribution is -0.346. The van der Waals surface area contributed by atoms with E-state index in [0.717, 1.165) is 0 Å². The molecule has 0 aliphatic carbocycles. The monoisotopic (exact) mass is 546 g/mol. The molecule has 192 valence electrons. The fraction of sp³-hybridized carbons (Fsp3) is 0.833. The average Bonchev–Trinajstić information content (AvgIpc) is 2.65. The fourth-order valence-electron chi connectivity index (χ4n) is 4.38. The van der Waals surface area contributed by atoms with Crippen LogP contribution in [-0.2, 0) is 60.3 Å². The average molecular weight is 546 g/mol. The van der Waals surface area contributed by atoms with E-state index in [9.17, 15) is 18.9 Å². The van der Waals surface area contributed by atoms with Crippen molar-refractivity contribution in [1.82, 2.24) is 0 Å². The largest absolute Gasteiger partial charge is 0.479 e. The maximum absolute atomic E-state index is 13.8. The normalized spacial score (nSPS) is 35.4. The molecule has 34 heavy (non-hydrogen) atoms. The van der Waals surface area contributed by atoms with Crippen LogP contribution in [0.15, 0.2) is 0 Å². The van der Waals surface area contributed by atoms with Crippen LogP contribution in [0.25, 0.3) is 0 Å². The van der Waals surface area contributed by atoms with Crippen LogP contribution in [0, 0.1) is 17.8 Å². The molecule has 4 atom stereocenters. The Kier molecular flexibility index (Phi) is 7.44. The van der Waals surface area contributed by atoms with Crippen LogP contribution < -0.4 is 0 Å². The zero-order valence-electron chi connectivity index (χ0n) is 19.4. The Labute approximate surface area is 197 Å². The number of carbonyl (C=O) groups excluding carboxylic acids is 3. The summed E-state index contributed by atoms with van der Waals surface area (Å²) in [6, 6.07) is 0. The van der Waals surface area contributed by atoms with Crippen LogP contribution in [0.3, 0.4) is 0 Å². The molecule has 6 aliphatic rings. The van der Waals surface area contributed by atoms with Gasteiger partial charge < -0.3 is 18.8 Å². The van der Waals surface area contributed by atoms with Crippen LogP contribution in [0.1, 0.15) is 19.8 Å². The van der Waals surface area contributed by atoms with Gasteiger partial charge in [-0.15, -0.1) is 27.1 Å². The summed E-state index contributed by atoms with van der Waals surface area (Å²) in [4.78, 5) is 36.9. The Morgan fingerprint density at radius 2 is 1.21 bits per heavy atom. The van der Waals surface area contributed by atoms with E-state index in [0.29, 0.717) is 0 Å². The van der Waals surface area contributed by atoms with Crippen molar-refractivity contribution in [3.63, 3.8) is 0 Å². The molecule has 0 amide bonds. The van der Waals surface area contributed by atoms with Crippen LogP contribution in [0.4, 0.5) is 0 Å². The van der Waals surface area contributed by atoms with Gasteiger partial charge in [-0.25, -0.2) is 0 Å². The number of carbonyl (C=O) groups is 3. The minimum absolute atomic E-state index is 0.0130. The fourth-order valence-corrected chi connectivity index (χ4v) is 14.9. The third kappa shape index (κ3) is 4.80. The van der Waals surface area contributed by atoms with Crippen molar-refractivity contribution < 1.29 is 60.3 Å². The van der Waals surface area contributed by atoms with Crippen molar-refractivity contribution in [2.75, 3.05) is 40.3 Å². The van der Waals surface area contributed by atoms with E-state index < -0.39 is 77.0 Å². The molecular formula is C18H29O13P3+2. The van der Waals surface area contributed by atoms with Gasteiger partial charge in [-0.1, -0.05) is 6.92 Å². The third-order valence-corrected chi connectivity index (χ3v) is 15.4. The van der Waals surface area contributed by atoms with Crippen molar-refractivity contribution in [2.24, 2.45) is 17.8 Å². The number of esters is 3. The number of rotatable bonds is 13. The zero-order valence-corrected chi connectivity index (χ0v) is 22.1. The molecule has 6 heterocycles. The molecule has 13 nitrogen and oxygen atoms in total. The molecule has 0 N–H and O–H groups in total.